The van der Waals surface area contributed by atoms with Crippen LogP contribution in [0.25, 0.3) is 0 Å². The van der Waals surface area contributed by atoms with Gasteiger partial charge in [-0.25, -0.2) is 0 Å². The molecule has 0 bridgehead atoms. The van der Waals surface area contributed by atoms with Crippen molar-refractivity contribution in [1.82, 2.24) is 0 Å². The molecule has 19 heavy (non-hydrogen) atoms. The van der Waals surface area contributed by atoms with Crippen LogP contribution in [-0.4, -0.2) is 17.3 Å². The topological polar surface area (TPSA) is 49.7 Å². The van der Waals surface area contributed by atoms with Crippen molar-refractivity contribution in [2.45, 2.75) is 13.5 Å². The van der Waals surface area contributed by atoms with Gasteiger partial charge in [-0.1, -0.05) is 32.3 Å². The first-order chi connectivity index (χ1) is 9.13. The molecule has 0 heterocycles. The maximum absolute atomic E-state index is 9.90. The first-order valence-electron chi connectivity index (χ1n) is 5.98. The third-order valence-electron chi connectivity index (χ3n) is 2.90. The normalized spacial score (nSPS) is 11.1. The van der Waals surface area contributed by atoms with Crippen molar-refractivity contribution in [3.05, 3.63) is 47.5 Å². The molecule has 0 saturated heterocycles. The van der Waals surface area contributed by atoms with E-state index < -0.39 is 0 Å². The fourth-order valence-electron chi connectivity index (χ4n) is 1.86. The van der Waals surface area contributed by atoms with Gasteiger partial charge < -0.3 is 14.9 Å². The second-order valence-corrected chi connectivity index (χ2v) is 5.65. The van der Waals surface area contributed by atoms with E-state index >= 15 is 0 Å². The van der Waals surface area contributed by atoms with Gasteiger partial charge in [-0.05, 0) is 36.0 Å². The maximum Gasteiger partial charge on any atom is 0.123 e. The Morgan fingerprint density at radius 3 is 2.58 bits per heavy atom. The molecule has 1 unspecified atom stereocenters. The van der Waals surface area contributed by atoms with Crippen LogP contribution in [0.15, 0.2) is 36.4 Å². The van der Waals surface area contributed by atoms with Gasteiger partial charge in [0.1, 0.15) is 11.5 Å². The molecule has 0 radical (unpaired) electrons. The Morgan fingerprint density at radius 1 is 1.11 bits per heavy atom. The van der Waals surface area contributed by atoms with Crippen molar-refractivity contribution in [3.8, 4) is 11.5 Å². The van der Waals surface area contributed by atoms with Crippen LogP contribution in [0, 0.1) is 6.92 Å². The molecule has 0 amide bonds. The zero-order valence-electron chi connectivity index (χ0n) is 11.0. The zero-order chi connectivity index (χ0) is 13.8. The third kappa shape index (κ3) is 3.25. The summed E-state index contributed by atoms with van der Waals surface area (Å²) in [4.78, 5) is 0. The monoisotopic (exact) mass is 276 g/mol. The van der Waals surface area contributed by atoms with Crippen molar-refractivity contribution >= 4 is 19.2 Å². The number of phenolic OH excluding ortho intramolecular Hbond substituents is 1. The lowest BCUT2D eigenvalue weighted by atomic mass is 10.1. The van der Waals surface area contributed by atoms with Crippen molar-refractivity contribution in [3.63, 3.8) is 0 Å². The van der Waals surface area contributed by atoms with Gasteiger partial charge in [-0.15, -0.1) is 0 Å². The lowest BCUT2D eigenvalue weighted by molar-refractivity contribution is 0.283. The Balaban J connectivity index is 2.35. The number of benzene rings is 2. The predicted octanol–water partition coefficient (Wildman–Crippen LogP) is 1.83. The van der Waals surface area contributed by atoms with Crippen LogP contribution in [0.5, 0.6) is 11.5 Å². The summed E-state index contributed by atoms with van der Waals surface area (Å²) in [5.41, 5.74) is 2.02. The summed E-state index contributed by atoms with van der Waals surface area (Å²) in [5, 5.41) is 21.2. The van der Waals surface area contributed by atoms with Gasteiger partial charge in [0.25, 0.3) is 0 Å². The van der Waals surface area contributed by atoms with Crippen molar-refractivity contribution in [1.29, 1.82) is 0 Å². The molecule has 0 saturated carbocycles. The summed E-state index contributed by atoms with van der Waals surface area (Å²) in [5.74, 6) is 0.974. The van der Waals surface area contributed by atoms with E-state index in [4.69, 9.17) is 4.74 Å². The molecule has 0 fully saturated rings. The van der Waals surface area contributed by atoms with E-state index in [9.17, 15) is 10.2 Å². The summed E-state index contributed by atoms with van der Waals surface area (Å²) < 4.78 is 5.17. The minimum Gasteiger partial charge on any atom is -0.507 e. The van der Waals surface area contributed by atoms with Crippen LogP contribution in [0.1, 0.15) is 11.1 Å². The molecule has 0 aromatic heterocycles. The van der Waals surface area contributed by atoms with Gasteiger partial charge in [0.2, 0.25) is 0 Å². The van der Waals surface area contributed by atoms with E-state index in [1.165, 1.54) is 0 Å². The number of hydrogen-bond acceptors (Lipinski definition) is 3. The highest BCUT2D eigenvalue weighted by Gasteiger charge is 2.08. The summed E-state index contributed by atoms with van der Waals surface area (Å²) in [6.07, 6.45) is 0. The number of aliphatic hydroxyl groups excluding tert-OH is 1. The van der Waals surface area contributed by atoms with Gasteiger partial charge in [0.15, 0.2) is 0 Å². The number of rotatable bonds is 4. The molecule has 0 spiro atoms. The largest absolute Gasteiger partial charge is 0.507 e. The molecule has 4 heteroatoms. The average molecular weight is 276 g/mol. The number of aromatic hydroxyl groups is 1. The van der Waals surface area contributed by atoms with E-state index in [0.717, 1.165) is 27.5 Å². The highest BCUT2D eigenvalue weighted by atomic mass is 31.1. The first kappa shape index (κ1) is 13.9. The standard InChI is InChI=1S/C15H17O3P/c1-10-3-6-14(11(7-10)9-16)19-15-8-12(18-2)4-5-13(15)17/h3-8,16-17,19H,9H2,1-2H3. The minimum absolute atomic E-state index is 0.00867. The lowest BCUT2D eigenvalue weighted by Crippen LogP contribution is -2.10. The summed E-state index contributed by atoms with van der Waals surface area (Å²) in [6.45, 7) is 2.00. The van der Waals surface area contributed by atoms with E-state index in [0.29, 0.717) is 0 Å². The highest BCUT2D eigenvalue weighted by Crippen LogP contribution is 2.24. The fourth-order valence-corrected chi connectivity index (χ4v) is 3.06. The molecule has 2 N–H and O–H groups in total. The van der Waals surface area contributed by atoms with Gasteiger partial charge >= 0.3 is 0 Å². The SMILES string of the molecule is COc1ccc(O)c(Pc2ccc(C)cc2CO)c1. The van der Waals surface area contributed by atoms with Crippen LogP contribution in [0.2, 0.25) is 0 Å². The second-order valence-electron chi connectivity index (χ2n) is 4.33. The molecule has 0 aliphatic rings. The molecule has 2 rings (SSSR count). The fraction of sp³-hybridized carbons (Fsp3) is 0.200. The lowest BCUT2D eigenvalue weighted by Gasteiger charge is -2.11. The number of ether oxygens (including phenoxy) is 1. The van der Waals surface area contributed by atoms with Crippen molar-refractivity contribution < 1.29 is 14.9 Å². The van der Waals surface area contributed by atoms with Crippen LogP contribution >= 0.6 is 8.58 Å². The predicted molar refractivity (Wildman–Crippen MR) is 79.3 cm³/mol. The smallest absolute Gasteiger partial charge is 0.123 e. The molecule has 3 nitrogen and oxygen atoms in total. The van der Waals surface area contributed by atoms with E-state index in [2.05, 4.69) is 0 Å². The van der Waals surface area contributed by atoms with Crippen molar-refractivity contribution in [2.75, 3.05) is 7.11 Å². The molecular formula is C15H17O3P. The summed E-state index contributed by atoms with van der Waals surface area (Å²) >= 11 is 0. The number of phenols is 1. The van der Waals surface area contributed by atoms with E-state index in [1.54, 1.807) is 19.2 Å². The average Bonchev–Trinajstić information content (AvgIpc) is 2.43. The number of aryl methyl sites for hydroxylation is 1. The van der Waals surface area contributed by atoms with Gasteiger partial charge in [0, 0.05) is 5.30 Å². The second kappa shape index (κ2) is 6.05. The van der Waals surface area contributed by atoms with Gasteiger partial charge in [0.05, 0.1) is 13.7 Å². The van der Waals surface area contributed by atoms with Crippen LogP contribution in [0.3, 0.4) is 0 Å². The molecule has 2 aromatic rings. The van der Waals surface area contributed by atoms with Gasteiger partial charge in [-0.2, -0.15) is 0 Å². The van der Waals surface area contributed by atoms with Crippen molar-refractivity contribution in [2.24, 2.45) is 0 Å². The molecule has 0 aliphatic heterocycles. The Bertz CT molecular complexity index is 582. The number of methoxy groups -OCH3 is 1. The summed E-state index contributed by atoms with van der Waals surface area (Å²) in [6, 6.07) is 11.2. The molecule has 100 valence electrons. The molecule has 2 aromatic carbocycles. The van der Waals surface area contributed by atoms with Crippen LogP contribution < -0.4 is 15.3 Å². The minimum atomic E-state index is 0.00867. The molecule has 0 aliphatic carbocycles. The highest BCUT2D eigenvalue weighted by molar-refractivity contribution is 7.55. The van der Waals surface area contributed by atoms with E-state index in [-0.39, 0.29) is 20.9 Å². The number of aliphatic hydroxyl groups is 1. The van der Waals surface area contributed by atoms with Crippen LogP contribution in [0.4, 0.5) is 0 Å². The Hall–Kier alpha value is -1.57. The maximum atomic E-state index is 9.90. The van der Waals surface area contributed by atoms with E-state index in [1.807, 2.05) is 31.2 Å². The number of hydrogen-bond donors (Lipinski definition) is 2. The summed E-state index contributed by atoms with van der Waals surface area (Å²) in [7, 11) is 1.89. The Labute approximate surface area is 114 Å². The first-order valence-corrected chi connectivity index (χ1v) is 6.98. The Morgan fingerprint density at radius 2 is 1.89 bits per heavy atom. The Kier molecular flexibility index (Phi) is 4.41. The van der Waals surface area contributed by atoms with Crippen LogP contribution in [-0.2, 0) is 6.61 Å². The molecular weight excluding hydrogens is 259 g/mol. The van der Waals surface area contributed by atoms with Gasteiger partial charge in [-0.3, -0.25) is 0 Å². The molecule has 1 atom stereocenters. The zero-order valence-corrected chi connectivity index (χ0v) is 12.0. The quantitative estimate of drug-likeness (QED) is 0.838. The third-order valence-corrected chi connectivity index (χ3v) is 4.33.